The molecule has 0 fully saturated rings. The SMILES string of the molecule is CC/C=C\C/C=C\C/C=C\C/C=C\C/C=C\C/C=C\CCC(=O)NCCSSC(C)C.O=C(CNC(=O)c1cccnc1)NC(CO)CO. The molecule has 0 aliphatic carbocycles. The van der Waals surface area contributed by atoms with Gasteiger partial charge in [-0.15, -0.1) is 0 Å². The van der Waals surface area contributed by atoms with Gasteiger partial charge in [-0.2, -0.15) is 0 Å². The van der Waals surface area contributed by atoms with Gasteiger partial charge >= 0.3 is 0 Å². The minimum absolute atomic E-state index is 0.148. The van der Waals surface area contributed by atoms with E-state index in [1.165, 1.54) is 12.4 Å². The molecule has 49 heavy (non-hydrogen) atoms. The molecule has 0 bridgehead atoms. The highest BCUT2D eigenvalue weighted by molar-refractivity contribution is 8.76. The van der Waals surface area contributed by atoms with Crippen molar-refractivity contribution < 1.29 is 24.6 Å². The summed E-state index contributed by atoms with van der Waals surface area (Å²) in [6.45, 7) is 6.32. The van der Waals surface area contributed by atoms with E-state index in [4.69, 9.17) is 10.2 Å². The summed E-state index contributed by atoms with van der Waals surface area (Å²) in [7, 11) is 3.68. The molecule has 0 saturated carbocycles. The zero-order chi connectivity index (χ0) is 36.2. The van der Waals surface area contributed by atoms with Crippen molar-refractivity contribution in [2.24, 2.45) is 0 Å². The van der Waals surface area contributed by atoms with Crippen LogP contribution in [0.1, 0.15) is 82.5 Å². The Labute approximate surface area is 302 Å². The summed E-state index contributed by atoms with van der Waals surface area (Å²) >= 11 is 0. The van der Waals surface area contributed by atoms with Gasteiger partial charge in [0.15, 0.2) is 0 Å². The number of hydrogen-bond acceptors (Lipinski definition) is 8. The number of hydrogen-bond donors (Lipinski definition) is 5. The third-order valence-electron chi connectivity index (χ3n) is 6.04. The second-order valence-electron chi connectivity index (χ2n) is 10.8. The maximum Gasteiger partial charge on any atom is 0.253 e. The molecule has 11 heteroatoms. The number of aliphatic hydroxyl groups excluding tert-OH is 2. The minimum atomic E-state index is -0.715. The minimum Gasteiger partial charge on any atom is -0.394 e. The van der Waals surface area contributed by atoms with Crippen LogP contribution in [0.2, 0.25) is 0 Å². The molecule has 0 atom stereocenters. The van der Waals surface area contributed by atoms with Gasteiger partial charge < -0.3 is 26.2 Å². The van der Waals surface area contributed by atoms with E-state index in [0.29, 0.717) is 17.2 Å². The molecule has 0 aliphatic rings. The highest BCUT2D eigenvalue weighted by Gasteiger charge is 2.12. The number of rotatable bonds is 25. The number of pyridine rings is 1. The molecule has 0 radical (unpaired) electrons. The second kappa shape index (κ2) is 34.5. The van der Waals surface area contributed by atoms with Crippen LogP contribution in [0.5, 0.6) is 0 Å². The Balaban J connectivity index is 0.00000108. The summed E-state index contributed by atoms with van der Waals surface area (Å²) in [6, 6.07) is 2.47. The first-order valence-electron chi connectivity index (χ1n) is 17.0. The zero-order valence-electron chi connectivity index (χ0n) is 29.5. The van der Waals surface area contributed by atoms with Crippen LogP contribution in [0.3, 0.4) is 0 Å². The van der Waals surface area contributed by atoms with Gasteiger partial charge in [0.2, 0.25) is 11.8 Å². The van der Waals surface area contributed by atoms with Crippen LogP contribution in [0, 0.1) is 0 Å². The van der Waals surface area contributed by atoms with E-state index in [9.17, 15) is 14.4 Å². The average molecular weight is 715 g/mol. The summed E-state index contributed by atoms with van der Waals surface area (Å²) in [6.07, 6.45) is 36.7. The van der Waals surface area contributed by atoms with Crippen molar-refractivity contribution >= 4 is 39.3 Å². The Morgan fingerprint density at radius 3 is 1.84 bits per heavy atom. The predicted molar refractivity (Wildman–Crippen MR) is 208 cm³/mol. The fourth-order valence-electron chi connectivity index (χ4n) is 3.55. The van der Waals surface area contributed by atoms with Crippen molar-refractivity contribution in [2.75, 3.05) is 32.1 Å². The number of nitrogens with zero attached hydrogens (tertiary/aromatic N) is 1. The van der Waals surface area contributed by atoms with Crippen molar-refractivity contribution in [3.05, 3.63) is 103 Å². The highest BCUT2D eigenvalue weighted by atomic mass is 33.1. The molecule has 0 aromatic carbocycles. The summed E-state index contributed by atoms with van der Waals surface area (Å²) in [5.41, 5.74) is 0.353. The summed E-state index contributed by atoms with van der Waals surface area (Å²) in [5, 5.41) is 25.9. The normalized spacial score (nSPS) is 11.9. The first kappa shape index (κ1) is 45.6. The molecule has 0 spiro atoms. The van der Waals surface area contributed by atoms with Crippen LogP contribution < -0.4 is 16.0 Å². The second-order valence-corrected chi connectivity index (χ2v) is 13.9. The maximum atomic E-state index is 11.7. The zero-order valence-corrected chi connectivity index (χ0v) is 31.1. The van der Waals surface area contributed by atoms with Crippen LogP contribution in [-0.4, -0.2) is 76.3 Å². The van der Waals surface area contributed by atoms with Crippen LogP contribution in [0.15, 0.2) is 97.4 Å². The Hall–Kier alpha value is -3.38. The quantitative estimate of drug-likeness (QED) is 0.0431. The van der Waals surface area contributed by atoms with E-state index >= 15 is 0 Å². The monoisotopic (exact) mass is 714 g/mol. The molecule has 1 aromatic heterocycles. The van der Waals surface area contributed by atoms with E-state index < -0.39 is 17.9 Å². The van der Waals surface area contributed by atoms with Crippen LogP contribution in [0.4, 0.5) is 0 Å². The Bertz CT molecular complexity index is 1160. The average Bonchev–Trinajstić information content (AvgIpc) is 3.10. The van der Waals surface area contributed by atoms with E-state index in [2.05, 4.69) is 115 Å². The molecule has 272 valence electrons. The Kier molecular flexibility index (Phi) is 32.1. The number of carbonyl (C=O) groups is 3. The number of allylic oxidation sites excluding steroid dienone is 12. The molecule has 3 amide bonds. The van der Waals surface area contributed by atoms with E-state index in [0.717, 1.165) is 57.2 Å². The van der Waals surface area contributed by atoms with E-state index in [1.807, 2.05) is 21.6 Å². The molecular weight excluding hydrogens is 657 g/mol. The summed E-state index contributed by atoms with van der Waals surface area (Å²) in [4.78, 5) is 38.4. The highest BCUT2D eigenvalue weighted by Crippen LogP contribution is 2.25. The van der Waals surface area contributed by atoms with Gasteiger partial charge in [-0.05, 0) is 57.1 Å². The molecule has 5 N–H and O–H groups in total. The molecule has 0 aliphatic heterocycles. The van der Waals surface area contributed by atoms with Crippen LogP contribution in [-0.2, 0) is 9.59 Å². The number of aromatic nitrogens is 1. The third-order valence-corrected chi connectivity index (χ3v) is 9.00. The molecular formula is C38H58N4O5S2. The number of nitrogens with one attached hydrogen (secondary N) is 3. The Morgan fingerprint density at radius 2 is 1.35 bits per heavy atom. The van der Waals surface area contributed by atoms with Gasteiger partial charge in [-0.1, -0.05) is 115 Å². The fraction of sp³-hybridized carbons (Fsp3) is 0.474. The molecule has 1 heterocycles. The van der Waals surface area contributed by atoms with Gasteiger partial charge in [0.1, 0.15) is 0 Å². The molecule has 0 unspecified atom stereocenters. The maximum absolute atomic E-state index is 11.7. The lowest BCUT2D eigenvalue weighted by atomic mass is 10.2. The lowest BCUT2D eigenvalue weighted by molar-refractivity contribution is -0.122. The van der Waals surface area contributed by atoms with Crippen molar-refractivity contribution in [1.82, 2.24) is 20.9 Å². The first-order valence-corrected chi connectivity index (χ1v) is 19.4. The standard InChI is InChI=1S/C27H43NOS2.C11H15N3O4/c1-4-5-6-7-8-9-10-11-12-13-14-15-16-17-18-19-20-21-22-23-27(29)28-24-25-30-31-26(2)3;15-6-9(7-16)14-10(17)5-13-11(18)8-2-1-3-12-4-8/h5-6,8-9,11-12,14-15,17-18,20-21,26H,4,7,10,13,16,19,22-25H2,1-3H3,(H,28,29);1-4,9,15-16H,5-7H2,(H,13,18)(H,14,17)/b6-5-,9-8-,12-11-,15-14-,18-17-,21-20-;. The van der Waals surface area contributed by atoms with E-state index in [-0.39, 0.29) is 25.7 Å². The lowest BCUT2D eigenvalue weighted by Gasteiger charge is -2.13. The summed E-state index contributed by atoms with van der Waals surface area (Å²) < 4.78 is 0. The largest absolute Gasteiger partial charge is 0.394 e. The lowest BCUT2D eigenvalue weighted by Crippen LogP contribution is -2.45. The smallest absolute Gasteiger partial charge is 0.253 e. The predicted octanol–water partition coefficient (Wildman–Crippen LogP) is 6.65. The van der Waals surface area contributed by atoms with Crippen LogP contribution in [0.25, 0.3) is 0 Å². The Morgan fingerprint density at radius 1 is 0.796 bits per heavy atom. The topological polar surface area (TPSA) is 141 Å². The third kappa shape index (κ3) is 31.6. The first-order chi connectivity index (χ1) is 23.8. The fourth-order valence-corrected chi connectivity index (χ4v) is 5.46. The number of aliphatic hydroxyl groups is 2. The van der Waals surface area contributed by atoms with Crippen molar-refractivity contribution in [3.63, 3.8) is 0 Å². The van der Waals surface area contributed by atoms with Crippen molar-refractivity contribution in [1.29, 1.82) is 0 Å². The van der Waals surface area contributed by atoms with Crippen molar-refractivity contribution in [2.45, 2.75) is 83.4 Å². The summed E-state index contributed by atoms with van der Waals surface area (Å²) in [5.74, 6) is 0.215. The van der Waals surface area contributed by atoms with Gasteiger partial charge in [-0.3, -0.25) is 19.4 Å². The number of amides is 3. The number of carbonyl (C=O) groups excluding carboxylic acids is 3. The molecule has 1 rings (SSSR count). The van der Waals surface area contributed by atoms with E-state index in [1.54, 1.807) is 12.1 Å². The molecule has 0 saturated heterocycles. The van der Waals surface area contributed by atoms with Gasteiger partial charge in [0.25, 0.3) is 5.91 Å². The van der Waals surface area contributed by atoms with Crippen LogP contribution >= 0.6 is 21.6 Å². The van der Waals surface area contributed by atoms with Crippen molar-refractivity contribution in [3.8, 4) is 0 Å². The van der Waals surface area contributed by atoms with Gasteiger partial charge in [0, 0.05) is 36.4 Å². The molecule has 1 aromatic rings. The van der Waals surface area contributed by atoms with Gasteiger partial charge in [-0.25, -0.2) is 0 Å². The molecule has 9 nitrogen and oxygen atoms in total. The van der Waals surface area contributed by atoms with Gasteiger partial charge in [0.05, 0.1) is 31.4 Å².